The van der Waals surface area contributed by atoms with Crippen molar-refractivity contribution in [2.24, 2.45) is 17.6 Å². The van der Waals surface area contributed by atoms with Crippen molar-refractivity contribution in [1.29, 1.82) is 0 Å². The Morgan fingerprint density at radius 3 is 2.86 bits per heavy atom. The minimum Gasteiger partial charge on any atom is -0.330 e. The summed E-state index contributed by atoms with van der Waals surface area (Å²) in [5.74, 6) is 0.391. The van der Waals surface area contributed by atoms with E-state index in [2.05, 4.69) is 10.00 Å². The molecule has 6 heteroatoms. The van der Waals surface area contributed by atoms with Crippen molar-refractivity contribution in [3.8, 4) is 0 Å². The highest BCUT2D eigenvalue weighted by Crippen LogP contribution is 2.33. The number of hydrogen-bond donors (Lipinski definition) is 1. The topological polar surface area (TPSA) is 64.2 Å². The van der Waals surface area contributed by atoms with E-state index in [0.717, 1.165) is 25.8 Å². The van der Waals surface area contributed by atoms with Gasteiger partial charge in [0.25, 0.3) is 0 Å². The van der Waals surface area contributed by atoms with Gasteiger partial charge in [-0.1, -0.05) is 24.4 Å². The number of aromatic nitrogens is 2. The lowest BCUT2D eigenvalue weighted by Gasteiger charge is -2.29. The summed E-state index contributed by atoms with van der Waals surface area (Å²) >= 11 is 6.22. The molecule has 2 atom stereocenters. The predicted octanol–water partition coefficient (Wildman–Crippen LogP) is 2.05. The molecule has 5 nitrogen and oxygen atoms in total. The van der Waals surface area contributed by atoms with Crippen molar-refractivity contribution in [2.75, 3.05) is 27.2 Å². The van der Waals surface area contributed by atoms with Crippen LogP contribution in [0.1, 0.15) is 36.2 Å². The van der Waals surface area contributed by atoms with Crippen molar-refractivity contribution in [3.05, 3.63) is 16.9 Å². The Bertz CT molecular complexity index is 486. The molecule has 2 N–H and O–H groups in total. The lowest BCUT2D eigenvalue weighted by Crippen LogP contribution is -2.34. The zero-order valence-corrected chi connectivity index (χ0v) is 13.6. The van der Waals surface area contributed by atoms with Crippen LogP contribution in [0, 0.1) is 11.8 Å². The van der Waals surface area contributed by atoms with Crippen LogP contribution in [0.15, 0.2) is 6.20 Å². The van der Waals surface area contributed by atoms with Gasteiger partial charge in [0.2, 0.25) is 0 Å². The van der Waals surface area contributed by atoms with Crippen molar-refractivity contribution < 1.29 is 4.79 Å². The summed E-state index contributed by atoms with van der Waals surface area (Å²) in [7, 11) is 4.00. The normalized spacial score (nSPS) is 22.7. The molecule has 2 rings (SSSR count). The second kappa shape index (κ2) is 7.38. The molecule has 21 heavy (non-hydrogen) atoms. The third-order valence-electron chi connectivity index (χ3n) is 4.34. The molecule has 1 saturated carbocycles. The third-order valence-corrected chi connectivity index (χ3v) is 4.61. The first-order valence-corrected chi connectivity index (χ1v) is 8.02. The SMILES string of the molecule is CN(C)CCn1ncc(Cl)c1C(=O)C1CCCCC1CN. The fourth-order valence-electron chi connectivity index (χ4n) is 3.08. The summed E-state index contributed by atoms with van der Waals surface area (Å²) in [6.45, 7) is 2.06. The van der Waals surface area contributed by atoms with Gasteiger partial charge in [0.15, 0.2) is 5.78 Å². The van der Waals surface area contributed by atoms with Crippen LogP contribution in [-0.4, -0.2) is 47.6 Å². The number of carbonyl (C=O) groups is 1. The second-order valence-corrected chi connectivity index (χ2v) is 6.53. The predicted molar refractivity (Wildman–Crippen MR) is 84.6 cm³/mol. The van der Waals surface area contributed by atoms with E-state index < -0.39 is 0 Å². The van der Waals surface area contributed by atoms with E-state index >= 15 is 0 Å². The number of hydrogen-bond acceptors (Lipinski definition) is 4. The highest BCUT2D eigenvalue weighted by molar-refractivity contribution is 6.33. The van der Waals surface area contributed by atoms with E-state index in [9.17, 15) is 4.79 Å². The van der Waals surface area contributed by atoms with E-state index in [1.54, 1.807) is 10.9 Å². The van der Waals surface area contributed by atoms with Crippen LogP contribution >= 0.6 is 11.6 Å². The smallest absolute Gasteiger partial charge is 0.185 e. The molecule has 0 amide bonds. The van der Waals surface area contributed by atoms with Gasteiger partial charge < -0.3 is 10.6 Å². The van der Waals surface area contributed by atoms with E-state index in [-0.39, 0.29) is 17.6 Å². The van der Waals surface area contributed by atoms with Crippen LogP contribution in [0.5, 0.6) is 0 Å². The van der Waals surface area contributed by atoms with Gasteiger partial charge in [0, 0.05) is 12.5 Å². The standard InChI is InChI=1S/C15H25ClN4O/c1-19(2)7-8-20-14(13(16)10-18-20)15(21)12-6-4-3-5-11(12)9-17/h10-12H,3-9,17H2,1-2H3. The molecule has 1 aromatic rings. The monoisotopic (exact) mass is 312 g/mol. The Kier molecular flexibility index (Phi) is 5.79. The molecule has 0 radical (unpaired) electrons. The molecule has 1 heterocycles. The minimum absolute atomic E-state index is 0.00365. The van der Waals surface area contributed by atoms with E-state index in [1.807, 2.05) is 14.1 Å². The number of nitrogens with zero attached hydrogens (tertiary/aromatic N) is 3. The first-order chi connectivity index (χ1) is 10.0. The number of likely N-dealkylation sites (N-methyl/N-ethyl adjacent to an activating group) is 1. The molecule has 118 valence electrons. The summed E-state index contributed by atoms with van der Waals surface area (Å²) in [5.41, 5.74) is 6.40. The number of ketones is 1. The van der Waals surface area contributed by atoms with Crippen molar-refractivity contribution >= 4 is 17.4 Å². The quantitative estimate of drug-likeness (QED) is 0.817. The van der Waals surface area contributed by atoms with E-state index in [4.69, 9.17) is 17.3 Å². The second-order valence-electron chi connectivity index (χ2n) is 6.12. The van der Waals surface area contributed by atoms with Crippen LogP contribution in [-0.2, 0) is 6.54 Å². The molecular formula is C15H25ClN4O. The molecular weight excluding hydrogens is 288 g/mol. The van der Waals surface area contributed by atoms with Crippen LogP contribution < -0.4 is 5.73 Å². The molecule has 0 aliphatic heterocycles. The number of carbonyl (C=O) groups excluding carboxylic acids is 1. The Balaban J connectivity index is 2.19. The lowest BCUT2D eigenvalue weighted by molar-refractivity contribution is 0.0817. The van der Waals surface area contributed by atoms with Gasteiger partial charge in [-0.2, -0.15) is 5.10 Å². The molecule has 0 saturated heterocycles. The summed E-state index contributed by atoms with van der Waals surface area (Å²) in [6, 6.07) is 0. The largest absolute Gasteiger partial charge is 0.330 e. The average Bonchev–Trinajstić information content (AvgIpc) is 2.85. The number of Topliss-reactive ketones (excluding diaryl/α,β-unsaturated/α-hetero) is 1. The number of halogens is 1. The van der Waals surface area contributed by atoms with Gasteiger partial charge >= 0.3 is 0 Å². The zero-order chi connectivity index (χ0) is 15.4. The van der Waals surface area contributed by atoms with E-state index in [1.165, 1.54) is 6.42 Å². The maximum Gasteiger partial charge on any atom is 0.185 e. The lowest BCUT2D eigenvalue weighted by atomic mass is 9.76. The summed E-state index contributed by atoms with van der Waals surface area (Å²) in [4.78, 5) is 15.0. The van der Waals surface area contributed by atoms with Gasteiger partial charge in [-0.15, -0.1) is 0 Å². The van der Waals surface area contributed by atoms with Gasteiger partial charge in [0.1, 0.15) is 5.69 Å². The maximum absolute atomic E-state index is 12.9. The van der Waals surface area contributed by atoms with Crippen LogP contribution in [0.2, 0.25) is 5.02 Å². The van der Waals surface area contributed by atoms with Crippen LogP contribution in [0.25, 0.3) is 0 Å². The van der Waals surface area contributed by atoms with Gasteiger partial charge in [0.05, 0.1) is 17.8 Å². The third kappa shape index (κ3) is 3.84. The molecule has 0 aromatic carbocycles. The van der Waals surface area contributed by atoms with Crippen LogP contribution in [0.3, 0.4) is 0 Å². The van der Waals surface area contributed by atoms with Crippen LogP contribution in [0.4, 0.5) is 0 Å². The van der Waals surface area contributed by atoms with Gasteiger partial charge in [-0.05, 0) is 39.4 Å². The van der Waals surface area contributed by atoms with E-state index in [0.29, 0.717) is 23.8 Å². The summed E-state index contributed by atoms with van der Waals surface area (Å²) in [5, 5.41) is 4.72. The summed E-state index contributed by atoms with van der Waals surface area (Å²) in [6.07, 6.45) is 5.78. The molecule has 1 aromatic heterocycles. The number of nitrogens with two attached hydrogens (primary N) is 1. The first kappa shape index (κ1) is 16.5. The molecule has 0 bridgehead atoms. The Morgan fingerprint density at radius 2 is 2.19 bits per heavy atom. The minimum atomic E-state index is -0.00365. The zero-order valence-electron chi connectivity index (χ0n) is 12.9. The fraction of sp³-hybridized carbons (Fsp3) is 0.733. The van der Waals surface area contributed by atoms with Crippen molar-refractivity contribution in [2.45, 2.75) is 32.2 Å². The molecule has 2 unspecified atom stereocenters. The van der Waals surface area contributed by atoms with Gasteiger partial charge in [-0.25, -0.2) is 0 Å². The van der Waals surface area contributed by atoms with Crippen molar-refractivity contribution in [1.82, 2.24) is 14.7 Å². The Hall–Kier alpha value is -0.910. The first-order valence-electron chi connectivity index (χ1n) is 7.65. The fourth-order valence-corrected chi connectivity index (χ4v) is 3.32. The summed E-state index contributed by atoms with van der Waals surface area (Å²) < 4.78 is 1.74. The highest BCUT2D eigenvalue weighted by atomic mass is 35.5. The van der Waals surface area contributed by atoms with Crippen molar-refractivity contribution in [3.63, 3.8) is 0 Å². The highest BCUT2D eigenvalue weighted by Gasteiger charge is 2.33. The molecule has 1 aliphatic carbocycles. The Labute approximate surface area is 131 Å². The molecule has 1 fully saturated rings. The average molecular weight is 313 g/mol. The number of rotatable bonds is 6. The van der Waals surface area contributed by atoms with Gasteiger partial charge in [-0.3, -0.25) is 9.48 Å². The molecule has 0 spiro atoms. The maximum atomic E-state index is 12.9. The Morgan fingerprint density at radius 1 is 1.48 bits per heavy atom. The molecule has 1 aliphatic rings.